The van der Waals surface area contributed by atoms with Crippen molar-refractivity contribution < 1.29 is 13.2 Å². The highest BCUT2D eigenvalue weighted by Gasteiger charge is 2.20. The zero-order valence-corrected chi connectivity index (χ0v) is 11.4. The molecule has 0 bridgehead atoms. The minimum Gasteiger partial charge on any atom is -0.385 e. The van der Waals surface area contributed by atoms with Crippen molar-refractivity contribution in [3.8, 4) is 0 Å². The summed E-state index contributed by atoms with van der Waals surface area (Å²) in [6.45, 7) is 2.00. The lowest BCUT2D eigenvalue weighted by atomic mass is 10.3. The lowest BCUT2D eigenvalue weighted by molar-refractivity contribution is 0.193. The third-order valence-electron chi connectivity index (χ3n) is 2.70. The van der Waals surface area contributed by atoms with Crippen LogP contribution in [0.15, 0.2) is 0 Å². The first-order chi connectivity index (χ1) is 8.14. The highest BCUT2D eigenvalue weighted by Crippen LogP contribution is 2.18. The Morgan fingerprint density at radius 1 is 1.18 bits per heavy atom. The SMILES string of the molecule is COCCCCNS(=O)(=O)CCCNC1CC1. The zero-order valence-electron chi connectivity index (χ0n) is 10.6. The maximum Gasteiger partial charge on any atom is 0.211 e. The summed E-state index contributed by atoms with van der Waals surface area (Å²) in [5, 5.41) is 3.30. The smallest absolute Gasteiger partial charge is 0.211 e. The van der Waals surface area contributed by atoms with Gasteiger partial charge in [-0.2, -0.15) is 0 Å². The van der Waals surface area contributed by atoms with E-state index in [-0.39, 0.29) is 5.75 Å². The Labute approximate surface area is 104 Å². The second kappa shape index (κ2) is 8.02. The van der Waals surface area contributed by atoms with Gasteiger partial charge in [0.05, 0.1) is 5.75 Å². The standard InChI is InChI=1S/C11H24N2O3S/c1-16-9-3-2-8-13-17(14,15)10-4-7-12-11-5-6-11/h11-13H,2-10H2,1H3. The predicted octanol–water partition coefficient (Wildman–Crippen LogP) is 0.475. The van der Waals surface area contributed by atoms with Gasteiger partial charge in [-0.05, 0) is 38.6 Å². The van der Waals surface area contributed by atoms with E-state index in [0.29, 0.717) is 25.6 Å². The molecule has 0 aliphatic heterocycles. The summed E-state index contributed by atoms with van der Waals surface area (Å²) < 4.78 is 30.6. The fraction of sp³-hybridized carbons (Fsp3) is 1.00. The lowest BCUT2D eigenvalue weighted by Gasteiger charge is -2.07. The molecule has 0 heterocycles. The molecule has 0 spiro atoms. The molecule has 2 N–H and O–H groups in total. The van der Waals surface area contributed by atoms with E-state index >= 15 is 0 Å². The van der Waals surface area contributed by atoms with Gasteiger partial charge in [0.15, 0.2) is 0 Å². The first-order valence-electron chi connectivity index (χ1n) is 6.34. The molecule has 5 nitrogen and oxygen atoms in total. The molecule has 6 heteroatoms. The number of methoxy groups -OCH3 is 1. The zero-order chi connectivity index (χ0) is 12.6. The van der Waals surface area contributed by atoms with Crippen LogP contribution >= 0.6 is 0 Å². The van der Waals surface area contributed by atoms with Crippen LogP contribution in [0, 0.1) is 0 Å². The number of unbranched alkanes of at least 4 members (excludes halogenated alkanes) is 1. The number of sulfonamides is 1. The van der Waals surface area contributed by atoms with Gasteiger partial charge in [-0.1, -0.05) is 0 Å². The molecule has 0 aromatic carbocycles. The highest BCUT2D eigenvalue weighted by molar-refractivity contribution is 7.89. The van der Waals surface area contributed by atoms with Crippen LogP contribution in [0.3, 0.4) is 0 Å². The van der Waals surface area contributed by atoms with E-state index in [4.69, 9.17) is 4.74 Å². The molecule has 102 valence electrons. The van der Waals surface area contributed by atoms with E-state index in [9.17, 15) is 8.42 Å². The summed E-state index contributed by atoms with van der Waals surface area (Å²) in [5.74, 6) is 0.219. The van der Waals surface area contributed by atoms with Gasteiger partial charge < -0.3 is 10.1 Å². The molecule has 1 aliphatic rings. The molecule has 0 aromatic heterocycles. The van der Waals surface area contributed by atoms with Gasteiger partial charge in [0.1, 0.15) is 0 Å². The van der Waals surface area contributed by atoms with Crippen LogP contribution < -0.4 is 10.0 Å². The van der Waals surface area contributed by atoms with Crippen LogP contribution in [0.2, 0.25) is 0 Å². The van der Waals surface area contributed by atoms with Gasteiger partial charge in [-0.3, -0.25) is 0 Å². The highest BCUT2D eigenvalue weighted by atomic mass is 32.2. The summed E-state index contributed by atoms with van der Waals surface area (Å²) >= 11 is 0. The third-order valence-corrected chi connectivity index (χ3v) is 4.17. The third kappa shape index (κ3) is 8.54. The van der Waals surface area contributed by atoms with Crippen molar-refractivity contribution >= 4 is 10.0 Å². The number of nitrogens with one attached hydrogen (secondary N) is 2. The summed E-state index contributed by atoms with van der Waals surface area (Å²) in [7, 11) is -1.43. The second-order valence-electron chi connectivity index (χ2n) is 4.50. The Morgan fingerprint density at radius 3 is 2.59 bits per heavy atom. The van der Waals surface area contributed by atoms with Crippen molar-refractivity contribution in [2.75, 3.05) is 32.6 Å². The normalized spacial score (nSPS) is 16.3. The molecule has 0 unspecified atom stereocenters. The minimum atomic E-state index is -3.08. The van der Waals surface area contributed by atoms with E-state index in [1.165, 1.54) is 12.8 Å². The van der Waals surface area contributed by atoms with Crippen molar-refractivity contribution in [1.29, 1.82) is 0 Å². The largest absolute Gasteiger partial charge is 0.385 e. The maximum atomic E-state index is 11.6. The summed E-state index contributed by atoms with van der Waals surface area (Å²) in [6.07, 6.45) is 4.88. The van der Waals surface area contributed by atoms with Crippen molar-refractivity contribution in [2.45, 2.75) is 38.1 Å². The number of hydrogen-bond acceptors (Lipinski definition) is 4. The van der Waals surface area contributed by atoms with E-state index < -0.39 is 10.0 Å². The molecule has 1 fully saturated rings. The molecule has 1 aliphatic carbocycles. The number of ether oxygens (including phenoxy) is 1. The number of rotatable bonds is 11. The van der Waals surface area contributed by atoms with Gasteiger partial charge in [0, 0.05) is 26.3 Å². The Balaban J connectivity index is 1.95. The van der Waals surface area contributed by atoms with Gasteiger partial charge in [0.25, 0.3) is 0 Å². The van der Waals surface area contributed by atoms with E-state index in [2.05, 4.69) is 10.0 Å². The molecule has 0 atom stereocenters. The van der Waals surface area contributed by atoms with Gasteiger partial charge in [0.2, 0.25) is 10.0 Å². The summed E-state index contributed by atoms with van der Waals surface area (Å²) in [4.78, 5) is 0. The van der Waals surface area contributed by atoms with E-state index in [1.54, 1.807) is 7.11 Å². The van der Waals surface area contributed by atoms with Crippen LogP contribution in [-0.2, 0) is 14.8 Å². The number of hydrogen-bond donors (Lipinski definition) is 2. The summed E-state index contributed by atoms with van der Waals surface area (Å²) in [6, 6.07) is 0.653. The molecule has 0 radical (unpaired) electrons. The monoisotopic (exact) mass is 264 g/mol. The molecular formula is C11H24N2O3S. The topological polar surface area (TPSA) is 67.4 Å². The molecule has 1 saturated carbocycles. The van der Waals surface area contributed by atoms with Crippen LogP contribution in [0.25, 0.3) is 0 Å². The fourth-order valence-corrected chi connectivity index (χ4v) is 2.65. The van der Waals surface area contributed by atoms with Gasteiger partial charge in [-0.15, -0.1) is 0 Å². The van der Waals surface area contributed by atoms with Crippen molar-refractivity contribution in [2.24, 2.45) is 0 Å². The Morgan fingerprint density at radius 2 is 1.94 bits per heavy atom. The van der Waals surface area contributed by atoms with Crippen LogP contribution in [-0.4, -0.2) is 47.0 Å². The molecule has 0 amide bonds. The molecule has 17 heavy (non-hydrogen) atoms. The van der Waals surface area contributed by atoms with Crippen molar-refractivity contribution in [1.82, 2.24) is 10.0 Å². The van der Waals surface area contributed by atoms with Crippen molar-refractivity contribution in [3.63, 3.8) is 0 Å². The van der Waals surface area contributed by atoms with E-state index in [0.717, 1.165) is 19.4 Å². The molecule has 0 saturated heterocycles. The Bertz CT molecular complexity index is 289. The van der Waals surface area contributed by atoms with E-state index in [1.807, 2.05) is 0 Å². The first-order valence-corrected chi connectivity index (χ1v) is 7.99. The van der Waals surface area contributed by atoms with Crippen LogP contribution in [0.4, 0.5) is 0 Å². The van der Waals surface area contributed by atoms with Crippen LogP contribution in [0.1, 0.15) is 32.1 Å². The lowest BCUT2D eigenvalue weighted by Crippen LogP contribution is -2.29. The fourth-order valence-electron chi connectivity index (χ4n) is 1.53. The molecule has 1 rings (SSSR count). The quantitative estimate of drug-likeness (QED) is 0.533. The second-order valence-corrected chi connectivity index (χ2v) is 6.42. The summed E-state index contributed by atoms with van der Waals surface area (Å²) in [5.41, 5.74) is 0. The van der Waals surface area contributed by atoms with Crippen molar-refractivity contribution in [3.05, 3.63) is 0 Å². The minimum absolute atomic E-state index is 0.219. The Hall–Kier alpha value is -0.170. The molecule has 0 aromatic rings. The van der Waals surface area contributed by atoms with Gasteiger partial charge in [-0.25, -0.2) is 13.1 Å². The average molecular weight is 264 g/mol. The average Bonchev–Trinajstić information content (AvgIpc) is 3.08. The first kappa shape index (κ1) is 14.9. The predicted molar refractivity (Wildman–Crippen MR) is 68.5 cm³/mol. The molecular weight excluding hydrogens is 240 g/mol. The van der Waals surface area contributed by atoms with Gasteiger partial charge >= 0.3 is 0 Å². The maximum absolute atomic E-state index is 11.6. The Kier molecular flexibility index (Phi) is 7.03. The van der Waals surface area contributed by atoms with Crippen LogP contribution in [0.5, 0.6) is 0 Å².